The van der Waals surface area contributed by atoms with Gasteiger partial charge in [0.15, 0.2) is 0 Å². The number of carbonyl (C=O) groups is 9. The number of thiophene rings is 2. The minimum atomic E-state index is -5.86. The molecule has 2 aromatic heterocycles. The van der Waals surface area contributed by atoms with Gasteiger partial charge in [-0.3, -0.25) is 53.0 Å². The summed E-state index contributed by atoms with van der Waals surface area (Å²) in [6, 6.07) is 5.33. The van der Waals surface area contributed by atoms with E-state index in [-0.39, 0.29) is 79.1 Å². The molecule has 9 rings (SSSR count). The van der Waals surface area contributed by atoms with Crippen LogP contribution in [0.4, 0.5) is 8.78 Å². The van der Waals surface area contributed by atoms with E-state index < -0.39 is 90.5 Å². The minimum absolute atomic E-state index is 0.0315. The Bertz CT molecular complexity index is 3240. The number of likely N-dealkylation sites (tertiary alicyclic amines) is 1. The van der Waals surface area contributed by atoms with E-state index in [1.54, 1.807) is 40.9 Å². The number of halogens is 2. The number of piperidine rings is 2. The van der Waals surface area contributed by atoms with Crippen molar-refractivity contribution in [1.82, 2.24) is 40.9 Å². The molecule has 0 bridgehead atoms. The second kappa shape index (κ2) is 24.0. The second-order valence-corrected chi connectivity index (χ2v) is 24.4. The Morgan fingerprint density at radius 1 is 0.963 bits per heavy atom. The van der Waals surface area contributed by atoms with Crippen LogP contribution in [0.25, 0.3) is 10.1 Å². The fourth-order valence-electron chi connectivity index (χ4n) is 11.2. The van der Waals surface area contributed by atoms with Gasteiger partial charge in [0, 0.05) is 72.9 Å². The van der Waals surface area contributed by atoms with Gasteiger partial charge in [0.2, 0.25) is 41.4 Å². The van der Waals surface area contributed by atoms with Gasteiger partial charge in [0.25, 0.3) is 11.8 Å². The number of fused-ring (bicyclic) bond motifs is 3. The highest BCUT2D eigenvalue weighted by Gasteiger charge is 2.51. The number of benzene rings is 2. The number of amides is 9. The number of primary amides is 1. The second-order valence-electron chi connectivity index (χ2n) is 20.9. The van der Waals surface area contributed by atoms with Crippen molar-refractivity contribution in [1.29, 1.82) is 0 Å². The molecule has 26 heteroatoms. The summed E-state index contributed by atoms with van der Waals surface area (Å²) in [5.74, 6) is 1.74. The third kappa shape index (κ3) is 12.5. The molecule has 0 saturated carbocycles. The number of hydrogen-bond donors (Lipinski definition) is 7. The standard InChI is InChI=1S/C54H60F2N9O12PS2/c1-62-21-19-35-10-12-41(65(35)52(73)39(28-62)59-50(71)43-26-33-25-34(9-14-42(33)80-43)54(55,56)78(75,76)77)49(70)58-38(11-15-44(57)66)47(68)61-46(32-20-24-79-29-32)53(74)63-22-17-30(18-23-63)5-2-3-6-31-7-4-8-36-37(31)27-64(51(36)72)40-13-16-45(67)60-48(40)69/h4,7-9,14,20,24-26,29-30,35,38-41,46H,2,5,10-13,15-19,21-23,27-28H2,1H3,(H2,57,66)(H,58,70)(H,59,71)(H,61,68)(H,60,67,69)(H2,75,76,77)/t35-,38?,39+,40?,41+,46?/m1/s1. The van der Waals surface area contributed by atoms with Gasteiger partial charge in [-0.05, 0) is 135 Å². The summed E-state index contributed by atoms with van der Waals surface area (Å²) in [4.78, 5) is 146. The van der Waals surface area contributed by atoms with Gasteiger partial charge in [-0.15, -0.1) is 11.3 Å². The molecule has 2 aromatic carbocycles. The zero-order valence-electron chi connectivity index (χ0n) is 43.5. The quantitative estimate of drug-likeness (QED) is 0.0482. The van der Waals surface area contributed by atoms with Crippen LogP contribution in [0.1, 0.15) is 119 Å². The zero-order valence-corrected chi connectivity index (χ0v) is 46.0. The first-order valence-electron chi connectivity index (χ1n) is 26.3. The maximum atomic E-state index is 14.5. The lowest BCUT2D eigenvalue weighted by atomic mass is 9.91. The number of nitrogens with one attached hydrogen (secondary N) is 4. The summed E-state index contributed by atoms with van der Waals surface area (Å²) in [5, 5.41) is 14.3. The predicted molar refractivity (Wildman–Crippen MR) is 288 cm³/mol. The Morgan fingerprint density at radius 3 is 2.45 bits per heavy atom. The van der Waals surface area contributed by atoms with E-state index in [4.69, 9.17) is 5.73 Å². The first-order valence-corrected chi connectivity index (χ1v) is 29.7. The molecular weight excluding hydrogens is 1100 g/mol. The Morgan fingerprint density at radius 2 is 1.74 bits per heavy atom. The van der Waals surface area contributed by atoms with Crippen LogP contribution in [0, 0.1) is 17.8 Å². The minimum Gasteiger partial charge on any atom is -0.370 e. The van der Waals surface area contributed by atoms with Crippen LogP contribution >= 0.6 is 30.3 Å². The first kappa shape index (κ1) is 57.7. The number of carbonyl (C=O) groups excluding carboxylic acids is 9. The normalized spacial score (nSPS) is 21.8. The van der Waals surface area contributed by atoms with Gasteiger partial charge in [-0.25, -0.2) is 0 Å². The molecule has 9 amide bonds. The summed E-state index contributed by atoms with van der Waals surface area (Å²) in [7, 11) is -4.09. The van der Waals surface area contributed by atoms with Crippen LogP contribution in [-0.2, 0) is 50.3 Å². The van der Waals surface area contributed by atoms with Crippen LogP contribution in [0.3, 0.4) is 0 Å². The van der Waals surface area contributed by atoms with Crippen molar-refractivity contribution < 1.29 is 66.3 Å². The van der Waals surface area contributed by atoms with Crippen molar-refractivity contribution in [2.45, 2.75) is 119 Å². The van der Waals surface area contributed by atoms with Gasteiger partial charge in [-0.1, -0.05) is 24.0 Å². The first-order chi connectivity index (χ1) is 38.1. The molecule has 5 aliphatic heterocycles. The van der Waals surface area contributed by atoms with E-state index in [1.165, 1.54) is 33.3 Å². The molecule has 0 radical (unpaired) electrons. The Labute approximate surface area is 466 Å². The van der Waals surface area contributed by atoms with Gasteiger partial charge in [0.05, 0.1) is 4.88 Å². The van der Waals surface area contributed by atoms with E-state index in [0.717, 1.165) is 35.5 Å². The van der Waals surface area contributed by atoms with E-state index >= 15 is 0 Å². The summed E-state index contributed by atoms with van der Waals surface area (Å²) < 4.78 is 41.0. The number of alkyl halides is 2. The maximum absolute atomic E-state index is 14.5. The van der Waals surface area contributed by atoms with Crippen LogP contribution in [0.15, 0.2) is 59.3 Å². The molecule has 4 fully saturated rings. The lowest BCUT2D eigenvalue weighted by Gasteiger charge is -2.38. The molecule has 0 spiro atoms. The highest BCUT2D eigenvalue weighted by Crippen LogP contribution is 2.59. The SMILES string of the molecule is CN1CC[C@H]2CC[C@@H](C(=O)NC(CCC(N)=O)C(=O)NC(C(=O)N3CCC(CCC#Cc4cccc5c4CN(C4CCC(=O)NC4=O)C5=O)CC3)c3ccsc3)N2C(=O)[C@@H](NC(=O)c2cc3cc(C(F)(F)P(=O)(O)O)ccc3s2)C1. The third-order valence-corrected chi connectivity index (χ3v) is 18.4. The van der Waals surface area contributed by atoms with Crippen LogP contribution in [-0.4, -0.2) is 146 Å². The van der Waals surface area contributed by atoms with Crippen molar-refractivity contribution in [2.75, 3.05) is 33.2 Å². The number of hydrogen-bond acceptors (Lipinski definition) is 13. The Kier molecular flexibility index (Phi) is 17.3. The van der Waals surface area contributed by atoms with Crippen LogP contribution in [0.5, 0.6) is 0 Å². The molecular formula is C54H60F2N9O12PS2. The van der Waals surface area contributed by atoms with Gasteiger partial charge < -0.3 is 51.1 Å². The monoisotopic (exact) mass is 1160 g/mol. The average molecular weight is 1160 g/mol. The molecule has 21 nitrogen and oxygen atoms in total. The third-order valence-electron chi connectivity index (χ3n) is 15.6. The molecule has 80 heavy (non-hydrogen) atoms. The van der Waals surface area contributed by atoms with Gasteiger partial charge in [0.1, 0.15) is 30.2 Å². The maximum Gasteiger partial charge on any atom is 0.399 e. The smallest absolute Gasteiger partial charge is 0.370 e. The van der Waals surface area contributed by atoms with Crippen molar-refractivity contribution in [3.05, 3.63) is 92.0 Å². The zero-order chi connectivity index (χ0) is 57.2. The molecule has 4 saturated heterocycles. The molecule has 5 aliphatic rings. The highest BCUT2D eigenvalue weighted by atomic mass is 32.1. The van der Waals surface area contributed by atoms with Crippen molar-refractivity contribution in [2.24, 2.45) is 11.7 Å². The molecule has 424 valence electrons. The average Bonchev–Trinajstić information content (AvgIpc) is 4.30. The number of nitrogens with zero attached hydrogens (tertiary/aromatic N) is 4. The number of rotatable bonds is 16. The molecule has 7 heterocycles. The number of imide groups is 1. The molecule has 3 unspecified atom stereocenters. The summed E-state index contributed by atoms with van der Waals surface area (Å²) in [6.45, 7) is 1.54. The summed E-state index contributed by atoms with van der Waals surface area (Å²) in [5.41, 5.74) is 2.57. The Balaban J connectivity index is 0.821. The predicted octanol–water partition coefficient (Wildman–Crippen LogP) is 3.42. The van der Waals surface area contributed by atoms with Crippen molar-refractivity contribution >= 4 is 93.5 Å². The van der Waals surface area contributed by atoms with Crippen molar-refractivity contribution in [3.63, 3.8) is 0 Å². The van der Waals surface area contributed by atoms with Crippen LogP contribution < -0.4 is 27.0 Å². The fraction of sp³-hybridized carbons (Fsp3) is 0.463. The molecule has 6 atom stereocenters. The molecule has 8 N–H and O–H groups in total. The lowest BCUT2D eigenvalue weighted by molar-refractivity contribution is -0.144. The highest BCUT2D eigenvalue weighted by molar-refractivity contribution is 7.52. The number of likely N-dealkylation sites (N-methyl/N-ethyl adjacent to an activating group) is 1. The van der Waals surface area contributed by atoms with E-state index in [0.29, 0.717) is 73.1 Å². The van der Waals surface area contributed by atoms with Crippen LogP contribution in [0.2, 0.25) is 0 Å². The van der Waals surface area contributed by atoms with E-state index in [2.05, 4.69) is 33.1 Å². The Hall–Kier alpha value is -6.94. The van der Waals surface area contributed by atoms with E-state index in [9.17, 15) is 66.3 Å². The molecule has 4 aromatic rings. The summed E-state index contributed by atoms with van der Waals surface area (Å²) in [6.07, 6.45) is 3.65. The van der Waals surface area contributed by atoms with Crippen molar-refractivity contribution in [3.8, 4) is 11.8 Å². The topological polar surface area (TPSA) is 298 Å². The largest absolute Gasteiger partial charge is 0.399 e. The van der Waals surface area contributed by atoms with Gasteiger partial charge >= 0.3 is 13.3 Å². The molecule has 0 aliphatic carbocycles. The lowest BCUT2D eigenvalue weighted by Crippen LogP contribution is -2.61. The summed E-state index contributed by atoms with van der Waals surface area (Å²) >= 11 is 2.25. The van der Waals surface area contributed by atoms with Gasteiger partial charge in [-0.2, -0.15) is 20.1 Å². The fourth-order valence-corrected chi connectivity index (χ4v) is 13.3. The number of nitrogens with two attached hydrogens (primary N) is 1. The van der Waals surface area contributed by atoms with E-state index in [1.807, 2.05) is 11.0 Å².